The number of nitro benzene ring substituents is 1. The van der Waals surface area contributed by atoms with Crippen molar-refractivity contribution in [3.05, 3.63) is 75.3 Å². The summed E-state index contributed by atoms with van der Waals surface area (Å²) in [7, 11) is 0. The smallest absolute Gasteiger partial charge is 0.269 e. The van der Waals surface area contributed by atoms with Crippen LogP contribution in [0.4, 0.5) is 5.69 Å². The predicted molar refractivity (Wildman–Crippen MR) is 103 cm³/mol. The summed E-state index contributed by atoms with van der Waals surface area (Å²) in [6, 6.07) is 15.3. The molecule has 0 bridgehead atoms. The van der Waals surface area contributed by atoms with Crippen LogP contribution in [-0.2, 0) is 6.54 Å². The maximum atomic E-state index is 10.7. The SMILES string of the molecule is CC(=NN1CCN(Cc2ccc(C)cc2)CC1)c1ccc([N+](=O)[O-])cc1. The molecule has 0 radical (unpaired) electrons. The first-order chi connectivity index (χ1) is 12.5. The van der Waals surface area contributed by atoms with Crippen LogP contribution in [0.25, 0.3) is 0 Å². The summed E-state index contributed by atoms with van der Waals surface area (Å²) in [6.07, 6.45) is 0. The molecule has 0 saturated carbocycles. The van der Waals surface area contributed by atoms with E-state index in [1.165, 1.54) is 23.3 Å². The number of aryl methyl sites for hydroxylation is 1. The van der Waals surface area contributed by atoms with E-state index in [0.29, 0.717) is 0 Å². The Balaban J connectivity index is 1.54. The molecule has 26 heavy (non-hydrogen) atoms. The average molecular weight is 352 g/mol. The van der Waals surface area contributed by atoms with Crippen molar-refractivity contribution in [1.29, 1.82) is 0 Å². The molecule has 0 aromatic heterocycles. The van der Waals surface area contributed by atoms with Gasteiger partial charge < -0.3 is 0 Å². The summed E-state index contributed by atoms with van der Waals surface area (Å²) in [5.41, 5.74) is 4.53. The van der Waals surface area contributed by atoms with Gasteiger partial charge >= 0.3 is 0 Å². The lowest BCUT2D eigenvalue weighted by Crippen LogP contribution is -2.43. The largest absolute Gasteiger partial charge is 0.295 e. The van der Waals surface area contributed by atoms with Crippen molar-refractivity contribution in [3.8, 4) is 0 Å². The van der Waals surface area contributed by atoms with E-state index < -0.39 is 0 Å². The number of nitrogens with zero attached hydrogens (tertiary/aromatic N) is 4. The zero-order chi connectivity index (χ0) is 18.5. The summed E-state index contributed by atoms with van der Waals surface area (Å²) < 4.78 is 0. The van der Waals surface area contributed by atoms with E-state index in [2.05, 4.69) is 46.2 Å². The number of nitro groups is 1. The van der Waals surface area contributed by atoms with Crippen LogP contribution in [0.5, 0.6) is 0 Å². The molecule has 2 aromatic carbocycles. The molecule has 2 aromatic rings. The Morgan fingerprint density at radius 1 is 1.04 bits per heavy atom. The molecule has 3 rings (SSSR count). The lowest BCUT2D eigenvalue weighted by molar-refractivity contribution is -0.384. The quantitative estimate of drug-likeness (QED) is 0.470. The van der Waals surface area contributed by atoms with Gasteiger partial charge in [0.25, 0.3) is 5.69 Å². The van der Waals surface area contributed by atoms with Gasteiger partial charge in [0.15, 0.2) is 0 Å². The molecule has 1 heterocycles. The van der Waals surface area contributed by atoms with E-state index >= 15 is 0 Å². The van der Waals surface area contributed by atoms with Crippen LogP contribution >= 0.6 is 0 Å². The second-order valence-corrected chi connectivity index (χ2v) is 6.70. The third kappa shape index (κ3) is 4.67. The van der Waals surface area contributed by atoms with Crippen LogP contribution in [0.15, 0.2) is 53.6 Å². The molecule has 1 fully saturated rings. The topological polar surface area (TPSA) is 62.0 Å². The maximum absolute atomic E-state index is 10.7. The molecule has 1 aliphatic rings. The van der Waals surface area contributed by atoms with Gasteiger partial charge in [0.05, 0.1) is 10.6 Å². The number of non-ortho nitro benzene ring substituents is 1. The fraction of sp³-hybridized carbons (Fsp3) is 0.350. The van der Waals surface area contributed by atoms with Gasteiger partial charge in [-0.25, -0.2) is 0 Å². The van der Waals surface area contributed by atoms with Gasteiger partial charge in [-0.15, -0.1) is 0 Å². The van der Waals surface area contributed by atoms with Gasteiger partial charge in [-0.05, 0) is 37.1 Å². The van der Waals surface area contributed by atoms with Crippen LogP contribution in [0.2, 0.25) is 0 Å². The molecule has 136 valence electrons. The number of piperazine rings is 1. The van der Waals surface area contributed by atoms with Crippen molar-refractivity contribution < 1.29 is 4.92 Å². The third-order valence-electron chi connectivity index (χ3n) is 4.66. The molecule has 1 saturated heterocycles. The van der Waals surface area contributed by atoms with Crippen molar-refractivity contribution in [2.24, 2.45) is 5.10 Å². The summed E-state index contributed by atoms with van der Waals surface area (Å²) >= 11 is 0. The molecule has 0 amide bonds. The third-order valence-corrected chi connectivity index (χ3v) is 4.66. The Kier molecular flexibility index (Phi) is 5.63. The molecule has 0 atom stereocenters. The van der Waals surface area contributed by atoms with Gasteiger partial charge in [0, 0.05) is 44.9 Å². The fourth-order valence-corrected chi connectivity index (χ4v) is 3.04. The second-order valence-electron chi connectivity index (χ2n) is 6.70. The Labute approximate surface area is 153 Å². The van der Waals surface area contributed by atoms with Crippen LogP contribution < -0.4 is 0 Å². The van der Waals surface area contributed by atoms with Gasteiger partial charge in [-0.2, -0.15) is 5.10 Å². The minimum atomic E-state index is -0.385. The molecule has 0 N–H and O–H groups in total. The Bertz CT molecular complexity index is 776. The van der Waals surface area contributed by atoms with E-state index in [1.807, 2.05) is 6.92 Å². The summed E-state index contributed by atoms with van der Waals surface area (Å²) in [4.78, 5) is 12.8. The number of hydrogen-bond donors (Lipinski definition) is 0. The highest BCUT2D eigenvalue weighted by Gasteiger charge is 2.16. The first kappa shape index (κ1) is 18.1. The van der Waals surface area contributed by atoms with Crippen LogP contribution in [0.1, 0.15) is 23.6 Å². The number of benzene rings is 2. The minimum absolute atomic E-state index is 0.103. The van der Waals surface area contributed by atoms with Crippen molar-refractivity contribution in [3.63, 3.8) is 0 Å². The molecule has 6 nitrogen and oxygen atoms in total. The molecule has 0 spiro atoms. The zero-order valence-electron chi connectivity index (χ0n) is 15.3. The van der Waals surface area contributed by atoms with Crippen molar-refractivity contribution in [2.45, 2.75) is 20.4 Å². The summed E-state index contributed by atoms with van der Waals surface area (Å²) in [6.45, 7) is 8.75. The standard InChI is InChI=1S/C20H24N4O2/c1-16-3-5-18(6-4-16)15-22-11-13-23(14-12-22)21-17(2)19-7-9-20(10-8-19)24(25)26/h3-10H,11-15H2,1-2H3. The highest BCUT2D eigenvalue weighted by molar-refractivity contribution is 5.98. The number of hydrogen-bond acceptors (Lipinski definition) is 5. The minimum Gasteiger partial charge on any atom is -0.295 e. The van der Waals surface area contributed by atoms with E-state index in [-0.39, 0.29) is 10.6 Å². The molecule has 0 aliphatic carbocycles. The Hall–Kier alpha value is -2.73. The fourth-order valence-electron chi connectivity index (χ4n) is 3.04. The predicted octanol–water partition coefficient (Wildman–Crippen LogP) is 3.45. The Morgan fingerprint density at radius 3 is 2.23 bits per heavy atom. The highest BCUT2D eigenvalue weighted by atomic mass is 16.6. The first-order valence-corrected chi connectivity index (χ1v) is 8.84. The van der Waals surface area contributed by atoms with Crippen LogP contribution in [0.3, 0.4) is 0 Å². The van der Waals surface area contributed by atoms with Gasteiger partial charge in [-0.3, -0.25) is 20.0 Å². The van der Waals surface area contributed by atoms with Crippen molar-refractivity contribution in [2.75, 3.05) is 26.2 Å². The van der Waals surface area contributed by atoms with Gasteiger partial charge in [-0.1, -0.05) is 29.8 Å². The summed E-state index contributed by atoms with van der Waals surface area (Å²) in [5.74, 6) is 0. The van der Waals surface area contributed by atoms with Gasteiger partial charge in [0.2, 0.25) is 0 Å². The van der Waals surface area contributed by atoms with E-state index in [4.69, 9.17) is 0 Å². The van der Waals surface area contributed by atoms with E-state index in [9.17, 15) is 10.1 Å². The van der Waals surface area contributed by atoms with Crippen molar-refractivity contribution in [1.82, 2.24) is 9.91 Å². The monoisotopic (exact) mass is 352 g/mol. The Morgan fingerprint density at radius 2 is 1.65 bits per heavy atom. The number of rotatable bonds is 5. The lowest BCUT2D eigenvalue weighted by atomic mass is 10.1. The lowest BCUT2D eigenvalue weighted by Gasteiger charge is -2.33. The normalized spacial score (nSPS) is 15.9. The first-order valence-electron chi connectivity index (χ1n) is 8.84. The average Bonchev–Trinajstić information content (AvgIpc) is 2.65. The van der Waals surface area contributed by atoms with Crippen LogP contribution in [0, 0.1) is 17.0 Å². The maximum Gasteiger partial charge on any atom is 0.269 e. The zero-order valence-corrected chi connectivity index (χ0v) is 15.3. The second kappa shape index (κ2) is 8.10. The van der Waals surface area contributed by atoms with Crippen molar-refractivity contribution >= 4 is 11.4 Å². The molecule has 6 heteroatoms. The van der Waals surface area contributed by atoms with Crippen LogP contribution in [-0.4, -0.2) is 46.7 Å². The molecular formula is C20H24N4O2. The number of hydrazone groups is 1. The highest BCUT2D eigenvalue weighted by Crippen LogP contribution is 2.14. The van der Waals surface area contributed by atoms with E-state index in [1.54, 1.807) is 12.1 Å². The summed E-state index contributed by atoms with van der Waals surface area (Å²) in [5, 5.41) is 17.5. The molecule has 0 unspecified atom stereocenters. The molecule has 1 aliphatic heterocycles. The van der Waals surface area contributed by atoms with E-state index in [0.717, 1.165) is 44.0 Å². The molecular weight excluding hydrogens is 328 g/mol. The van der Waals surface area contributed by atoms with Gasteiger partial charge in [0.1, 0.15) is 0 Å².